The molecule has 1 fully saturated rings. The number of nitrogens with zero attached hydrogens (tertiary/aromatic N) is 1. The molecule has 2 unspecified atom stereocenters. The normalized spacial score (nSPS) is 22.4. The highest BCUT2D eigenvalue weighted by atomic mass is 35.5. The largest absolute Gasteiger partial charge is 0.306 e. The van der Waals surface area contributed by atoms with E-state index >= 15 is 0 Å². The Kier molecular flexibility index (Phi) is 4.49. The van der Waals surface area contributed by atoms with Crippen LogP contribution in [0.4, 0.5) is 4.39 Å². The molecule has 2 nitrogen and oxygen atoms in total. The molecular weight excluding hydrogens is 274 g/mol. The third-order valence-corrected chi connectivity index (χ3v) is 4.10. The predicted octanol–water partition coefficient (Wildman–Crippen LogP) is 3.49. The number of rotatable bonds is 3. The van der Waals surface area contributed by atoms with Gasteiger partial charge in [0.1, 0.15) is 5.82 Å². The van der Waals surface area contributed by atoms with Crippen LogP contribution >= 0.6 is 23.2 Å². The molecule has 0 spiro atoms. The topological polar surface area (TPSA) is 15.3 Å². The molecular formula is C13H17Cl2FN2. The van der Waals surface area contributed by atoms with Crippen LogP contribution in [-0.2, 0) is 0 Å². The summed E-state index contributed by atoms with van der Waals surface area (Å²) < 4.78 is 13.5. The van der Waals surface area contributed by atoms with Gasteiger partial charge in [-0.25, -0.2) is 4.39 Å². The lowest BCUT2D eigenvalue weighted by atomic mass is 10.1. The molecule has 1 aromatic carbocycles. The molecule has 0 amide bonds. The Morgan fingerprint density at radius 3 is 2.78 bits per heavy atom. The lowest BCUT2D eigenvalue weighted by Crippen LogP contribution is -2.33. The molecule has 1 N–H and O–H groups in total. The van der Waals surface area contributed by atoms with Crippen molar-refractivity contribution in [1.29, 1.82) is 0 Å². The van der Waals surface area contributed by atoms with Crippen molar-refractivity contribution in [2.45, 2.75) is 25.4 Å². The van der Waals surface area contributed by atoms with Crippen LogP contribution in [-0.4, -0.2) is 31.1 Å². The molecule has 1 aromatic rings. The highest BCUT2D eigenvalue weighted by Gasteiger charge is 2.24. The van der Waals surface area contributed by atoms with Crippen molar-refractivity contribution in [3.05, 3.63) is 33.6 Å². The first-order chi connectivity index (χ1) is 8.49. The second-order valence-electron chi connectivity index (χ2n) is 4.89. The minimum absolute atomic E-state index is 0.0581. The zero-order chi connectivity index (χ0) is 13.3. The molecule has 100 valence electrons. The molecule has 1 saturated heterocycles. The van der Waals surface area contributed by atoms with Crippen LogP contribution in [0.5, 0.6) is 0 Å². The van der Waals surface area contributed by atoms with Gasteiger partial charge < -0.3 is 10.2 Å². The first kappa shape index (κ1) is 14.1. The zero-order valence-electron chi connectivity index (χ0n) is 10.5. The monoisotopic (exact) mass is 290 g/mol. The number of hydrogen-bond donors (Lipinski definition) is 1. The maximum absolute atomic E-state index is 13.5. The van der Waals surface area contributed by atoms with Crippen molar-refractivity contribution in [3.8, 4) is 0 Å². The van der Waals surface area contributed by atoms with Gasteiger partial charge in [0.2, 0.25) is 0 Å². The Morgan fingerprint density at radius 2 is 2.17 bits per heavy atom. The number of hydrogen-bond acceptors (Lipinski definition) is 2. The fourth-order valence-corrected chi connectivity index (χ4v) is 3.15. The molecule has 0 saturated carbocycles. The van der Waals surface area contributed by atoms with Crippen molar-refractivity contribution in [2.75, 3.05) is 20.1 Å². The molecule has 5 heteroatoms. The third kappa shape index (κ3) is 2.97. The van der Waals surface area contributed by atoms with Crippen molar-refractivity contribution in [2.24, 2.45) is 0 Å². The maximum Gasteiger partial charge on any atom is 0.142 e. The number of likely N-dealkylation sites (N-methyl/N-ethyl adjacent to an activating group) is 1. The molecule has 0 bridgehead atoms. The summed E-state index contributed by atoms with van der Waals surface area (Å²) in [6.45, 7) is 4.04. The minimum Gasteiger partial charge on any atom is -0.306 e. The first-order valence-corrected chi connectivity index (χ1v) is 6.82. The summed E-state index contributed by atoms with van der Waals surface area (Å²) in [5.41, 5.74) is 0.646. The second-order valence-corrected chi connectivity index (χ2v) is 5.68. The van der Waals surface area contributed by atoms with Crippen LogP contribution in [0.15, 0.2) is 12.1 Å². The van der Waals surface area contributed by atoms with Gasteiger partial charge in [-0.2, -0.15) is 0 Å². The highest BCUT2D eigenvalue weighted by Crippen LogP contribution is 2.32. The molecule has 0 aromatic heterocycles. The van der Waals surface area contributed by atoms with Crippen LogP contribution in [0.2, 0.25) is 10.0 Å². The second kappa shape index (κ2) is 5.74. The van der Waals surface area contributed by atoms with E-state index in [4.69, 9.17) is 23.2 Å². The molecule has 2 rings (SSSR count). The number of likely N-dealkylation sites (tertiary alicyclic amines) is 1. The summed E-state index contributed by atoms with van der Waals surface area (Å²) in [5, 5.41) is 4.08. The molecule has 0 radical (unpaired) electrons. The standard InChI is InChI=1S/C13H17Cl2FN2/c1-8(17-9-5-6-18(2)7-9)12-10(14)3-4-11(16)13(12)15/h3-4,8-9,17H,5-7H2,1-2H3. The van der Waals surface area contributed by atoms with Crippen LogP contribution in [0, 0.1) is 5.82 Å². The number of benzene rings is 1. The van der Waals surface area contributed by atoms with Crippen molar-refractivity contribution < 1.29 is 4.39 Å². The number of nitrogens with one attached hydrogen (secondary N) is 1. The summed E-state index contributed by atoms with van der Waals surface area (Å²) in [6, 6.07) is 3.19. The summed E-state index contributed by atoms with van der Waals surface area (Å²) in [7, 11) is 2.09. The van der Waals surface area contributed by atoms with Gasteiger partial charge in [-0.05, 0) is 39.1 Å². The van der Waals surface area contributed by atoms with E-state index in [2.05, 4.69) is 17.3 Å². The van der Waals surface area contributed by atoms with Gasteiger partial charge in [0, 0.05) is 29.2 Å². The quantitative estimate of drug-likeness (QED) is 0.858. The Hall–Kier alpha value is -0.350. The predicted molar refractivity (Wildman–Crippen MR) is 73.9 cm³/mol. The van der Waals surface area contributed by atoms with Gasteiger partial charge in [0.15, 0.2) is 0 Å². The number of halogens is 3. The SMILES string of the molecule is CC(NC1CCN(C)C1)c1c(Cl)ccc(F)c1Cl. The highest BCUT2D eigenvalue weighted by molar-refractivity contribution is 6.36. The van der Waals surface area contributed by atoms with E-state index in [-0.39, 0.29) is 11.1 Å². The summed E-state index contributed by atoms with van der Waals surface area (Å²) in [4.78, 5) is 2.26. The molecule has 18 heavy (non-hydrogen) atoms. The molecule has 1 heterocycles. The fraction of sp³-hybridized carbons (Fsp3) is 0.538. The van der Waals surface area contributed by atoms with E-state index in [1.165, 1.54) is 6.07 Å². The van der Waals surface area contributed by atoms with Crippen molar-refractivity contribution in [1.82, 2.24) is 10.2 Å². The zero-order valence-corrected chi connectivity index (χ0v) is 12.0. The van der Waals surface area contributed by atoms with Crippen LogP contribution in [0.3, 0.4) is 0 Å². The van der Waals surface area contributed by atoms with Gasteiger partial charge in [0.25, 0.3) is 0 Å². The maximum atomic E-state index is 13.5. The lowest BCUT2D eigenvalue weighted by Gasteiger charge is -2.21. The fourth-order valence-electron chi connectivity index (χ4n) is 2.45. The summed E-state index contributed by atoms with van der Waals surface area (Å²) in [6.07, 6.45) is 1.09. The minimum atomic E-state index is -0.423. The van der Waals surface area contributed by atoms with Gasteiger partial charge in [-0.15, -0.1) is 0 Å². The van der Waals surface area contributed by atoms with E-state index < -0.39 is 5.82 Å². The molecule has 0 aliphatic carbocycles. The summed E-state index contributed by atoms with van der Waals surface area (Å²) in [5.74, 6) is -0.423. The smallest absolute Gasteiger partial charge is 0.142 e. The average molecular weight is 291 g/mol. The van der Waals surface area contributed by atoms with Crippen LogP contribution in [0.25, 0.3) is 0 Å². The Balaban J connectivity index is 2.13. The Labute approximate surface area is 117 Å². The molecule has 1 aliphatic rings. The van der Waals surface area contributed by atoms with Crippen molar-refractivity contribution in [3.63, 3.8) is 0 Å². The van der Waals surface area contributed by atoms with E-state index in [9.17, 15) is 4.39 Å². The molecule has 1 aliphatic heterocycles. The van der Waals surface area contributed by atoms with Gasteiger partial charge in [-0.1, -0.05) is 23.2 Å². The van der Waals surface area contributed by atoms with Crippen LogP contribution in [0.1, 0.15) is 24.9 Å². The molecule has 2 atom stereocenters. The van der Waals surface area contributed by atoms with Crippen LogP contribution < -0.4 is 5.32 Å². The van der Waals surface area contributed by atoms with Gasteiger partial charge in [-0.3, -0.25) is 0 Å². The van der Waals surface area contributed by atoms with Gasteiger partial charge in [0.05, 0.1) is 5.02 Å². The van der Waals surface area contributed by atoms with E-state index in [1.807, 2.05) is 6.92 Å². The van der Waals surface area contributed by atoms with E-state index in [1.54, 1.807) is 6.07 Å². The Bertz CT molecular complexity index is 439. The average Bonchev–Trinajstić information content (AvgIpc) is 2.70. The van der Waals surface area contributed by atoms with E-state index in [0.29, 0.717) is 16.6 Å². The first-order valence-electron chi connectivity index (χ1n) is 6.07. The van der Waals surface area contributed by atoms with Crippen molar-refractivity contribution >= 4 is 23.2 Å². The summed E-state index contributed by atoms with van der Waals surface area (Å²) >= 11 is 12.1. The van der Waals surface area contributed by atoms with Gasteiger partial charge >= 0.3 is 0 Å². The Morgan fingerprint density at radius 1 is 1.44 bits per heavy atom. The third-order valence-electron chi connectivity index (χ3n) is 3.39. The van der Waals surface area contributed by atoms with E-state index in [0.717, 1.165) is 19.5 Å². The lowest BCUT2D eigenvalue weighted by molar-refractivity contribution is 0.387.